The molecule has 0 radical (unpaired) electrons. The van der Waals surface area contributed by atoms with E-state index in [4.69, 9.17) is 34.8 Å². The normalized spacial score (nSPS) is 16.2. The first-order valence-corrected chi connectivity index (χ1v) is 9.65. The highest BCUT2D eigenvalue weighted by Crippen LogP contribution is 2.40. The van der Waals surface area contributed by atoms with Gasteiger partial charge in [0.05, 0.1) is 22.1 Å². The summed E-state index contributed by atoms with van der Waals surface area (Å²) in [5.41, 5.74) is 3.96. The van der Waals surface area contributed by atoms with Gasteiger partial charge in [-0.15, -0.1) is 0 Å². The second kappa shape index (κ2) is 7.19. The van der Waals surface area contributed by atoms with E-state index in [1.807, 2.05) is 24.3 Å². The number of carboxylic acid groups (broad SMARTS) is 1. The summed E-state index contributed by atoms with van der Waals surface area (Å²) in [4.78, 5) is 11.8. The fourth-order valence-corrected chi connectivity index (χ4v) is 4.20. The van der Waals surface area contributed by atoms with Crippen LogP contribution >= 0.6 is 34.8 Å². The summed E-state index contributed by atoms with van der Waals surface area (Å²) >= 11 is 18.5. The standard InChI is InChI=1S/C20H15Cl3N2O2/c21-12-6-4-11(5-7-12)19-14-2-1-3-15(20(26)27)18(14)24-25(19)17-9-8-13(22)10-16(17)23/h4-10,15H,1-3H2,(H,26,27). The van der Waals surface area contributed by atoms with Crippen molar-refractivity contribution in [1.29, 1.82) is 0 Å². The van der Waals surface area contributed by atoms with Crippen molar-refractivity contribution < 1.29 is 9.90 Å². The summed E-state index contributed by atoms with van der Waals surface area (Å²) in [6.45, 7) is 0. The Morgan fingerprint density at radius 3 is 2.44 bits per heavy atom. The number of benzene rings is 2. The van der Waals surface area contributed by atoms with Crippen LogP contribution in [0.2, 0.25) is 15.1 Å². The van der Waals surface area contributed by atoms with Crippen LogP contribution in [-0.2, 0) is 11.2 Å². The van der Waals surface area contributed by atoms with Gasteiger partial charge in [-0.3, -0.25) is 4.79 Å². The van der Waals surface area contributed by atoms with Gasteiger partial charge in [0.25, 0.3) is 0 Å². The molecule has 0 saturated heterocycles. The molecule has 138 valence electrons. The summed E-state index contributed by atoms with van der Waals surface area (Å²) in [5.74, 6) is -1.47. The number of hydrogen-bond acceptors (Lipinski definition) is 2. The molecule has 0 amide bonds. The van der Waals surface area contributed by atoms with E-state index < -0.39 is 11.9 Å². The third kappa shape index (κ3) is 3.33. The van der Waals surface area contributed by atoms with E-state index in [0.717, 1.165) is 29.7 Å². The maximum Gasteiger partial charge on any atom is 0.312 e. The number of carbonyl (C=O) groups is 1. The maximum absolute atomic E-state index is 11.8. The Morgan fingerprint density at radius 2 is 1.78 bits per heavy atom. The SMILES string of the molecule is O=C(O)C1CCCc2c1nn(-c1ccc(Cl)cc1Cl)c2-c1ccc(Cl)cc1. The third-order valence-electron chi connectivity index (χ3n) is 4.82. The van der Waals surface area contributed by atoms with Crippen LogP contribution in [0.25, 0.3) is 16.9 Å². The molecule has 1 aromatic heterocycles. The van der Waals surface area contributed by atoms with Gasteiger partial charge in [-0.1, -0.05) is 46.9 Å². The van der Waals surface area contributed by atoms with E-state index in [1.165, 1.54) is 0 Å². The smallest absolute Gasteiger partial charge is 0.312 e. The molecule has 7 heteroatoms. The van der Waals surface area contributed by atoms with Crippen molar-refractivity contribution >= 4 is 40.8 Å². The van der Waals surface area contributed by atoms with Crippen LogP contribution < -0.4 is 0 Å². The molecule has 0 bridgehead atoms. The average Bonchev–Trinajstić information content (AvgIpc) is 3.01. The number of hydrogen-bond donors (Lipinski definition) is 1. The van der Waals surface area contributed by atoms with Crippen LogP contribution in [0.15, 0.2) is 42.5 Å². The van der Waals surface area contributed by atoms with Crippen molar-refractivity contribution in [1.82, 2.24) is 9.78 Å². The monoisotopic (exact) mass is 420 g/mol. The lowest BCUT2D eigenvalue weighted by Gasteiger charge is -2.18. The zero-order valence-electron chi connectivity index (χ0n) is 14.1. The Hall–Kier alpha value is -2.01. The fourth-order valence-electron chi connectivity index (χ4n) is 3.59. The Balaban J connectivity index is 1.99. The van der Waals surface area contributed by atoms with Gasteiger partial charge >= 0.3 is 5.97 Å². The highest BCUT2D eigenvalue weighted by atomic mass is 35.5. The van der Waals surface area contributed by atoms with Gasteiger partial charge in [-0.2, -0.15) is 5.10 Å². The van der Waals surface area contributed by atoms with Crippen molar-refractivity contribution in [2.75, 3.05) is 0 Å². The number of nitrogens with zero attached hydrogens (tertiary/aromatic N) is 2. The van der Waals surface area contributed by atoms with Crippen LogP contribution in [0.1, 0.15) is 30.0 Å². The number of fused-ring (bicyclic) bond motifs is 1. The molecular weight excluding hydrogens is 407 g/mol. The highest BCUT2D eigenvalue weighted by molar-refractivity contribution is 6.35. The second-order valence-electron chi connectivity index (χ2n) is 6.51. The van der Waals surface area contributed by atoms with E-state index in [0.29, 0.717) is 32.9 Å². The van der Waals surface area contributed by atoms with Gasteiger partial charge in [0.15, 0.2) is 0 Å². The molecule has 0 saturated carbocycles. The molecule has 4 nitrogen and oxygen atoms in total. The maximum atomic E-state index is 11.8. The Morgan fingerprint density at radius 1 is 1.07 bits per heavy atom. The number of aliphatic carboxylic acids is 1. The van der Waals surface area contributed by atoms with Crippen molar-refractivity contribution in [3.63, 3.8) is 0 Å². The van der Waals surface area contributed by atoms with Gasteiger partial charge < -0.3 is 5.11 Å². The molecule has 0 fully saturated rings. The summed E-state index contributed by atoms with van der Waals surface area (Å²) in [6.07, 6.45) is 2.14. The summed E-state index contributed by atoms with van der Waals surface area (Å²) < 4.78 is 1.73. The molecule has 0 spiro atoms. The predicted molar refractivity (Wildman–Crippen MR) is 107 cm³/mol. The van der Waals surface area contributed by atoms with Crippen LogP contribution in [-0.4, -0.2) is 20.9 Å². The Bertz CT molecular complexity index is 1030. The quantitative estimate of drug-likeness (QED) is 0.564. The molecule has 1 heterocycles. The molecular formula is C20H15Cl3N2O2. The number of halogens is 3. The largest absolute Gasteiger partial charge is 0.481 e. The molecule has 1 unspecified atom stereocenters. The van der Waals surface area contributed by atoms with Crippen molar-refractivity contribution in [3.8, 4) is 16.9 Å². The average molecular weight is 422 g/mol. The summed E-state index contributed by atoms with van der Waals surface area (Å²) in [7, 11) is 0. The number of rotatable bonds is 3. The second-order valence-corrected chi connectivity index (χ2v) is 7.79. The molecule has 0 aliphatic heterocycles. The first-order valence-electron chi connectivity index (χ1n) is 8.51. The predicted octanol–water partition coefficient (Wildman–Crippen LogP) is 6.00. The van der Waals surface area contributed by atoms with Gasteiger partial charge in [-0.05, 0) is 49.6 Å². The zero-order valence-corrected chi connectivity index (χ0v) is 16.4. The molecule has 27 heavy (non-hydrogen) atoms. The Kier molecular flexibility index (Phi) is 4.89. The molecule has 1 aliphatic carbocycles. The lowest BCUT2D eigenvalue weighted by Crippen LogP contribution is -2.17. The lowest BCUT2D eigenvalue weighted by molar-refractivity contribution is -0.139. The zero-order chi connectivity index (χ0) is 19.1. The van der Waals surface area contributed by atoms with Gasteiger partial charge in [0.2, 0.25) is 0 Å². The minimum absolute atomic E-state index is 0.449. The number of carboxylic acids is 1. The minimum atomic E-state index is -0.856. The molecule has 1 N–H and O–H groups in total. The molecule has 2 aromatic carbocycles. The van der Waals surface area contributed by atoms with E-state index in [2.05, 4.69) is 5.10 Å². The first-order chi connectivity index (χ1) is 13.0. The highest BCUT2D eigenvalue weighted by Gasteiger charge is 2.33. The lowest BCUT2D eigenvalue weighted by atomic mass is 9.85. The minimum Gasteiger partial charge on any atom is -0.481 e. The number of aromatic nitrogens is 2. The fraction of sp³-hybridized carbons (Fsp3) is 0.200. The molecule has 1 aliphatic rings. The van der Waals surface area contributed by atoms with Gasteiger partial charge in [0.1, 0.15) is 5.92 Å². The van der Waals surface area contributed by atoms with E-state index in [-0.39, 0.29) is 0 Å². The first kappa shape index (κ1) is 18.4. The Labute approximate surface area is 171 Å². The molecule has 1 atom stereocenters. The van der Waals surface area contributed by atoms with Crippen molar-refractivity contribution in [2.24, 2.45) is 0 Å². The van der Waals surface area contributed by atoms with Crippen LogP contribution in [0.5, 0.6) is 0 Å². The summed E-state index contributed by atoms with van der Waals surface area (Å²) in [6, 6.07) is 12.6. The third-order valence-corrected chi connectivity index (χ3v) is 5.61. The van der Waals surface area contributed by atoms with Gasteiger partial charge in [-0.25, -0.2) is 4.68 Å². The van der Waals surface area contributed by atoms with Crippen LogP contribution in [0.3, 0.4) is 0 Å². The molecule has 4 rings (SSSR count). The van der Waals surface area contributed by atoms with Crippen LogP contribution in [0, 0.1) is 0 Å². The van der Waals surface area contributed by atoms with E-state index in [9.17, 15) is 9.90 Å². The van der Waals surface area contributed by atoms with Crippen molar-refractivity contribution in [2.45, 2.75) is 25.2 Å². The van der Waals surface area contributed by atoms with E-state index >= 15 is 0 Å². The van der Waals surface area contributed by atoms with Gasteiger partial charge in [0, 0.05) is 21.2 Å². The molecule has 3 aromatic rings. The van der Waals surface area contributed by atoms with Crippen molar-refractivity contribution in [3.05, 3.63) is 68.8 Å². The summed E-state index contributed by atoms with van der Waals surface area (Å²) in [5, 5.41) is 15.9. The van der Waals surface area contributed by atoms with E-state index in [1.54, 1.807) is 22.9 Å². The van der Waals surface area contributed by atoms with Crippen LogP contribution in [0.4, 0.5) is 0 Å². The topological polar surface area (TPSA) is 55.1 Å².